The number of aliphatic hydroxyl groups is 1. The second-order valence-electron chi connectivity index (χ2n) is 5.07. The fourth-order valence-corrected chi connectivity index (χ4v) is 2.63. The van der Waals surface area contributed by atoms with Gasteiger partial charge in [0.25, 0.3) is 0 Å². The fourth-order valence-electron chi connectivity index (χ4n) is 2.63. The lowest BCUT2D eigenvalue weighted by Gasteiger charge is -2.23. The maximum atomic E-state index is 13.3. The standard InChI is InChI=1S/C14H15F2N3O2/c1-21-9-2-8(7-20)19(6-9)14-5-17-12-3-10(15)11(16)4-13(12)18-14/h3-5,8-9,20H,2,6-7H2,1H3/t8-,9+/m0/s1. The van der Waals surface area contributed by atoms with Crippen molar-refractivity contribution in [2.45, 2.75) is 18.6 Å². The molecule has 112 valence electrons. The molecule has 1 aromatic heterocycles. The lowest BCUT2D eigenvalue weighted by atomic mass is 10.2. The number of methoxy groups -OCH3 is 1. The van der Waals surface area contributed by atoms with E-state index in [0.29, 0.717) is 24.3 Å². The summed E-state index contributed by atoms with van der Waals surface area (Å²) in [6.45, 7) is 0.545. The molecule has 0 amide bonds. The number of fused-ring (bicyclic) bond motifs is 1. The minimum atomic E-state index is -0.955. The molecule has 1 aliphatic rings. The lowest BCUT2D eigenvalue weighted by Crippen LogP contribution is -2.33. The number of nitrogens with zero attached hydrogens (tertiary/aromatic N) is 3. The zero-order chi connectivity index (χ0) is 15.0. The van der Waals surface area contributed by atoms with Crippen LogP contribution in [0.1, 0.15) is 6.42 Å². The Morgan fingerprint density at radius 3 is 2.71 bits per heavy atom. The molecule has 0 radical (unpaired) electrons. The van der Waals surface area contributed by atoms with Gasteiger partial charge < -0.3 is 14.7 Å². The molecule has 0 bridgehead atoms. The van der Waals surface area contributed by atoms with Crippen LogP contribution >= 0.6 is 0 Å². The van der Waals surface area contributed by atoms with Crippen molar-refractivity contribution in [3.05, 3.63) is 30.0 Å². The molecule has 0 aliphatic carbocycles. The van der Waals surface area contributed by atoms with E-state index in [1.54, 1.807) is 7.11 Å². The SMILES string of the molecule is CO[C@@H]1C[C@@H](CO)N(c2cnc3cc(F)c(F)cc3n2)C1. The highest BCUT2D eigenvalue weighted by Gasteiger charge is 2.32. The van der Waals surface area contributed by atoms with Crippen molar-refractivity contribution >= 4 is 16.9 Å². The largest absolute Gasteiger partial charge is 0.394 e. The Bertz CT molecular complexity index is 668. The molecule has 0 saturated carbocycles. The van der Waals surface area contributed by atoms with E-state index in [9.17, 15) is 13.9 Å². The van der Waals surface area contributed by atoms with Gasteiger partial charge in [-0.3, -0.25) is 4.98 Å². The molecule has 1 aliphatic heterocycles. The molecule has 1 aromatic carbocycles. The van der Waals surface area contributed by atoms with Crippen molar-refractivity contribution in [2.24, 2.45) is 0 Å². The molecule has 1 N–H and O–H groups in total. The first-order chi connectivity index (χ1) is 10.1. The third kappa shape index (κ3) is 2.54. The van der Waals surface area contributed by atoms with Gasteiger partial charge in [-0.25, -0.2) is 13.8 Å². The van der Waals surface area contributed by atoms with Gasteiger partial charge in [0.2, 0.25) is 0 Å². The summed E-state index contributed by atoms with van der Waals surface area (Å²) < 4.78 is 31.8. The summed E-state index contributed by atoms with van der Waals surface area (Å²) in [4.78, 5) is 10.3. The number of hydrogen-bond donors (Lipinski definition) is 1. The second kappa shape index (κ2) is 5.50. The van der Waals surface area contributed by atoms with E-state index >= 15 is 0 Å². The Labute approximate surface area is 120 Å². The van der Waals surface area contributed by atoms with E-state index in [-0.39, 0.29) is 24.3 Å². The number of aliphatic hydroxyl groups excluding tert-OH is 1. The van der Waals surface area contributed by atoms with Crippen LogP contribution in [-0.4, -0.2) is 47.5 Å². The average molecular weight is 295 g/mol. The van der Waals surface area contributed by atoms with E-state index in [1.165, 1.54) is 6.20 Å². The van der Waals surface area contributed by atoms with Gasteiger partial charge in [-0.15, -0.1) is 0 Å². The normalized spacial score (nSPS) is 22.2. The van der Waals surface area contributed by atoms with Gasteiger partial charge in [-0.2, -0.15) is 0 Å². The maximum Gasteiger partial charge on any atom is 0.161 e. The first kappa shape index (κ1) is 14.1. The summed E-state index contributed by atoms with van der Waals surface area (Å²) in [7, 11) is 1.62. The number of ether oxygens (including phenoxy) is 1. The topological polar surface area (TPSA) is 58.5 Å². The number of aromatic nitrogens is 2. The Morgan fingerprint density at radius 1 is 1.33 bits per heavy atom. The molecule has 1 saturated heterocycles. The van der Waals surface area contributed by atoms with Gasteiger partial charge in [-0.05, 0) is 6.42 Å². The van der Waals surface area contributed by atoms with E-state index in [2.05, 4.69) is 9.97 Å². The minimum absolute atomic E-state index is 0.00426. The van der Waals surface area contributed by atoms with Crippen LogP contribution in [-0.2, 0) is 4.74 Å². The monoisotopic (exact) mass is 295 g/mol. The molecule has 0 spiro atoms. The van der Waals surface area contributed by atoms with Gasteiger partial charge in [0.1, 0.15) is 5.82 Å². The second-order valence-corrected chi connectivity index (χ2v) is 5.07. The molecule has 7 heteroatoms. The molecule has 2 atom stereocenters. The fraction of sp³-hybridized carbons (Fsp3) is 0.429. The van der Waals surface area contributed by atoms with Gasteiger partial charge in [-0.1, -0.05) is 0 Å². The molecule has 0 unspecified atom stereocenters. The maximum absolute atomic E-state index is 13.3. The van der Waals surface area contributed by atoms with Crippen LogP contribution in [0.25, 0.3) is 11.0 Å². The van der Waals surface area contributed by atoms with Crippen molar-refractivity contribution in [3.63, 3.8) is 0 Å². The predicted molar refractivity (Wildman–Crippen MR) is 73.1 cm³/mol. The first-order valence-corrected chi connectivity index (χ1v) is 6.64. The number of rotatable bonds is 3. The number of halogens is 2. The highest BCUT2D eigenvalue weighted by molar-refractivity contribution is 5.75. The van der Waals surface area contributed by atoms with Gasteiger partial charge in [0, 0.05) is 25.8 Å². The van der Waals surface area contributed by atoms with Gasteiger partial charge in [0.15, 0.2) is 11.6 Å². The van der Waals surface area contributed by atoms with E-state index in [1.807, 2.05) is 4.90 Å². The van der Waals surface area contributed by atoms with Crippen molar-refractivity contribution in [3.8, 4) is 0 Å². The summed E-state index contributed by atoms with van der Waals surface area (Å²) in [5.41, 5.74) is 0.574. The average Bonchev–Trinajstić information content (AvgIpc) is 2.91. The summed E-state index contributed by atoms with van der Waals surface area (Å²) in [5, 5.41) is 9.45. The molecular formula is C14H15F2N3O2. The molecule has 3 rings (SSSR count). The smallest absolute Gasteiger partial charge is 0.161 e. The lowest BCUT2D eigenvalue weighted by molar-refractivity contribution is 0.115. The van der Waals surface area contributed by atoms with Crippen molar-refractivity contribution < 1.29 is 18.6 Å². The Morgan fingerprint density at radius 2 is 2.05 bits per heavy atom. The van der Waals surface area contributed by atoms with Crippen LogP contribution < -0.4 is 4.90 Å². The number of benzene rings is 1. The molecular weight excluding hydrogens is 280 g/mol. The Balaban J connectivity index is 1.98. The first-order valence-electron chi connectivity index (χ1n) is 6.64. The predicted octanol–water partition coefficient (Wildman–Crippen LogP) is 1.49. The van der Waals surface area contributed by atoms with Crippen LogP contribution in [0, 0.1) is 11.6 Å². The van der Waals surface area contributed by atoms with Crippen molar-refractivity contribution in [1.82, 2.24) is 9.97 Å². The molecule has 2 aromatic rings. The third-order valence-electron chi connectivity index (χ3n) is 3.79. The van der Waals surface area contributed by atoms with Crippen LogP contribution in [0.5, 0.6) is 0 Å². The van der Waals surface area contributed by atoms with Crippen LogP contribution in [0.15, 0.2) is 18.3 Å². The Kier molecular flexibility index (Phi) is 3.69. The van der Waals surface area contributed by atoms with E-state index < -0.39 is 11.6 Å². The molecule has 5 nitrogen and oxygen atoms in total. The molecule has 21 heavy (non-hydrogen) atoms. The van der Waals surface area contributed by atoms with E-state index in [4.69, 9.17) is 4.74 Å². The summed E-state index contributed by atoms with van der Waals surface area (Å²) in [6, 6.07) is 1.93. The van der Waals surface area contributed by atoms with Crippen molar-refractivity contribution in [2.75, 3.05) is 25.2 Å². The van der Waals surface area contributed by atoms with Crippen LogP contribution in [0.3, 0.4) is 0 Å². The number of hydrogen-bond acceptors (Lipinski definition) is 5. The summed E-state index contributed by atoms with van der Waals surface area (Å²) in [5.74, 6) is -1.38. The van der Waals surface area contributed by atoms with Crippen LogP contribution in [0.4, 0.5) is 14.6 Å². The zero-order valence-electron chi connectivity index (χ0n) is 11.5. The quantitative estimate of drug-likeness (QED) is 0.930. The Hall–Kier alpha value is -1.86. The summed E-state index contributed by atoms with van der Waals surface area (Å²) >= 11 is 0. The van der Waals surface area contributed by atoms with Gasteiger partial charge >= 0.3 is 0 Å². The third-order valence-corrected chi connectivity index (χ3v) is 3.79. The number of anilines is 1. The van der Waals surface area contributed by atoms with Gasteiger partial charge in [0.05, 0.1) is 36.0 Å². The highest BCUT2D eigenvalue weighted by Crippen LogP contribution is 2.26. The van der Waals surface area contributed by atoms with E-state index in [0.717, 1.165) is 12.1 Å². The molecule has 1 fully saturated rings. The van der Waals surface area contributed by atoms with Crippen molar-refractivity contribution in [1.29, 1.82) is 0 Å². The highest BCUT2D eigenvalue weighted by atomic mass is 19.2. The molecule has 2 heterocycles. The van der Waals surface area contributed by atoms with Crippen LogP contribution in [0.2, 0.25) is 0 Å². The minimum Gasteiger partial charge on any atom is -0.394 e. The summed E-state index contributed by atoms with van der Waals surface area (Å²) in [6.07, 6.45) is 2.19. The zero-order valence-corrected chi connectivity index (χ0v) is 11.5.